The Labute approximate surface area is 246 Å². The molecule has 0 aromatic heterocycles. The molecule has 4 aromatic carbocycles. The van der Waals surface area contributed by atoms with Crippen LogP contribution in [0.2, 0.25) is 0 Å². The third-order valence-corrected chi connectivity index (χ3v) is 8.76. The number of carbonyl (C=O) groups excluding carboxylic acids is 1. The number of hydrogen-bond donors (Lipinski definition) is 0. The highest BCUT2D eigenvalue weighted by molar-refractivity contribution is 7.87. The van der Waals surface area contributed by atoms with E-state index in [0.29, 0.717) is 43.1 Å². The molecular formula is C32H35N3O6S. The standard InChI is InChI=1S/C32H35N3O6S/c1-33(2)28-9-5-8-27-26(28)7-6-10-31(27)42(37,38)41-25-14-12-24(13-15-25)34-17-19-35(20-18-34)32(36)22-23-11-16-29(39-3)30(21-23)40-4/h5-16,21H,17-20,22H2,1-4H3. The molecule has 42 heavy (non-hydrogen) atoms. The van der Waals surface area contributed by atoms with Crippen molar-refractivity contribution >= 4 is 38.2 Å². The van der Waals surface area contributed by atoms with E-state index in [1.807, 2.05) is 66.4 Å². The molecule has 0 aliphatic carbocycles. The lowest BCUT2D eigenvalue weighted by molar-refractivity contribution is -0.130. The maximum absolute atomic E-state index is 13.3. The molecule has 4 aromatic rings. The average molecular weight is 590 g/mol. The molecule has 0 radical (unpaired) electrons. The fraction of sp³-hybridized carbons (Fsp3) is 0.281. The summed E-state index contributed by atoms with van der Waals surface area (Å²) in [6, 6.07) is 23.3. The normalized spacial score (nSPS) is 13.6. The fourth-order valence-electron chi connectivity index (χ4n) is 5.25. The van der Waals surface area contributed by atoms with Crippen LogP contribution in [-0.2, 0) is 21.3 Å². The summed E-state index contributed by atoms with van der Waals surface area (Å²) < 4.78 is 42.7. The summed E-state index contributed by atoms with van der Waals surface area (Å²) in [7, 11) is 2.94. The summed E-state index contributed by atoms with van der Waals surface area (Å²) in [5.41, 5.74) is 2.73. The van der Waals surface area contributed by atoms with E-state index in [9.17, 15) is 13.2 Å². The van der Waals surface area contributed by atoms with Gasteiger partial charge in [-0.1, -0.05) is 30.3 Å². The van der Waals surface area contributed by atoms with Crippen LogP contribution >= 0.6 is 0 Å². The van der Waals surface area contributed by atoms with Crippen LogP contribution in [0, 0.1) is 0 Å². The van der Waals surface area contributed by atoms with E-state index in [1.54, 1.807) is 50.6 Å². The molecule has 10 heteroatoms. The maximum atomic E-state index is 13.3. The van der Waals surface area contributed by atoms with Crippen LogP contribution in [-0.4, -0.2) is 73.7 Å². The third-order valence-electron chi connectivity index (χ3n) is 7.45. The van der Waals surface area contributed by atoms with Crippen molar-refractivity contribution < 1.29 is 26.9 Å². The van der Waals surface area contributed by atoms with Gasteiger partial charge >= 0.3 is 10.1 Å². The van der Waals surface area contributed by atoms with E-state index in [-0.39, 0.29) is 23.0 Å². The fourth-order valence-corrected chi connectivity index (χ4v) is 6.39. The Morgan fingerprint density at radius 3 is 2.14 bits per heavy atom. The summed E-state index contributed by atoms with van der Waals surface area (Å²) in [6.07, 6.45) is 0.286. The average Bonchev–Trinajstić information content (AvgIpc) is 3.00. The zero-order valence-corrected chi connectivity index (χ0v) is 25.1. The Morgan fingerprint density at radius 2 is 1.48 bits per heavy atom. The number of amides is 1. The van der Waals surface area contributed by atoms with Gasteiger partial charge in [0.25, 0.3) is 0 Å². The van der Waals surface area contributed by atoms with Crippen LogP contribution < -0.4 is 23.5 Å². The smallest absolute Gasteiger partial charge is 0.339 e. The van der Waals surface area contributed by atoms with Crippen LogP contribution in [0.15, 0.2) is 83.8 Å². The zero-order chi connectivity index (χ0) is 29.9. The number of benzene rings is 4. The number of fused-ring (bicyclic) bond motifs is 1. The lowest BCUT2D eigenvalue weighted by Gasteiger charge is -2.36. The third kappa shape index (κ3) is 6.08. The Balaban J connectivity index is 1.21. The summed E-state index contributed by atoms with van der Waals surface area (Å²) in [5, 5.41) is 1.45. The molecule has 0 bridgehead atoms. The quantitative estimate of drug-likeness (QED) is 0.262. The van der Waals surface area contributed by atoms with Gasteiger partial charge in [-0.25, -0.2) is 0 Å². The first kappa shape index (κ1) is 29.1. The van der Waals surface area contributed by atoms with Crippen molar-refractivity contribution in [2.45, 2.75) is 11.3 Å². The molecule has 220 valence electrons. The molecule has 0 unspecified atom stereocenters. The Hall–Kier alpha value is -4.44. The van der Waals surface area contributed by atoms with E-state index < -0.39 is 10.1 Å². The molecule has 1 aliphatic heterocycles. The van der Waals surface area contributed by atoms with E-state index >= 15 is 0 Å². The van der Waals surface area contributed by atoms with Crippen LogP contribution in [0.5, 0.6) is 17.2 Å². The molecular weight excluding hydrogens is 554 g/mol. The largest absolute Gasteiger partial charge is 0.493 e. The van der Waals surface area contributed by atoms with Crippen molar-refractivity contribution in [2.75, 3.05) is 64.3 Å². The number of rotatable bonds is 9. The van der Waals surface area contributed by atoms with Crippen molar-refractivity contribution in [3.05, 3.63) is 84.4 Å². The molecule has 1 saturated heterocycles. The Bertz CT molecular complexity index is 1680. The van der Waals surface area contributed by atoms with Crippen molar-refractivity contribution in [3.8, 4) is 17.2 Å². The molecule has 1 amide bonds. The van der Waals surface area contributed by atoms with Crippen LogP contribution in [0.3, 0.4) is 0 Å². The molecule has 0 N–H and O–H groups in total. The first-order chi connectivity index (χ1) is 20.2. The minimum Gasteiger partial charge on any atom is -0.493 e. The van der Waals surface area contributed by atoms with Crippen molar-refractivity contribution in [1.82, 2.24) is 4.90 Å². The van der Waals surface area contributed by atoms with Gasteiger partial charge in [-0.05, 0) is 54.1 Å². The number of methoxy groups -OCH3 is 2. The second kappa shape index (κ2) is 12.2. The molecule has 5 rings (SSSR count). The second-order valence-electron chi connectivity index (χ2n) is 10.3. The summed E-state index contributed by atoms with van der Waals surface area (Å²) >= 11 is 0. The Kier molecular flexibility index (Phi) is 8.44. The van der Waals surface area contributed by atoms with Crippen LogP contribution in [0.4, 0.5) is 11.4 Å². The van der Waals surface area contributed by atoms with Gasteiger partial charge in [0.15, 0.2) is 11.5 Å². The predicted molar refractivity (Wildman–Crippen MR) is 165 cm³/mol. The molecule has 9 nitrogen and oxygen atoms in total. The van der Waals surface area contributed by atoms with Gasteiger partial charge in [0.2, 0.25) is 5.91 Å². The number of carbonyl (C=O) groups is 1. The van der Waals surface area contributed by atoms with Crippen molar-refractivity contribution in [3.63, 3.8) is 0 Å². The van der Waals surface area contributed by atoms with Gasteiger partial charge in [-0.15, -0.1) is 0 Å². The molecule has 1 aliphatic rings. The molecule has 0 saturated carbocycles. The van der Waals surface area contributed by atoms with Crippen molar-refractivity contribution in [2.24, 2.45) is 0 Å². The van der Waals surface area contributed by atoms with E-state index in [1.165, 1.54) is 0 Å². The van der Waals surface area contributed by atoms with E-state index in [0.717, 1.165) is 22.3 Å². The second-order valence-corrected chi connectivity index (χ2v) is 11.8. The van der Waals surface area contributed by atoms with Gasteiger partial charge in [-0.2, -0.15) is 8.42 Å². The van der Waals surface area contributed by atoms with Crippen LogP contribution in [0.1, 0.15) is 5.56 Å². The van der Waals surface area contributed by atoms with Crippen molar-refractivity contribution in [1.29, 1.82) is 0 Å². The number of hydrogen-bond acceptors (Lipinski definition) is 8. The van der Waals surface area contributed by atoms with Gasteiger partial charge in [0.05, 0.1) is 20.6 Å². The minimum absolute atomic E-state index is 0.0574. The number of ether oxygens (including phenoxy) is 2. The SMILES string of the molecule is COc1ccc(CC(=O)N2CCN(c3ccc(OS(=O)(=O)c4cccc5c(N(C)C)cccc45)cc3)CC2)cc1OC. The highest BCUT2D eigenvalue weighted by Gasteiger charge is 2.23. The highest BCUT2D eigenvalue weighted by atomic mass is 32.2. The topological polar surface area (TPSA) is 88.6 Å². The van der Waals surface area contributed by atoms with Gasteiger partial charge in [0.1, 0.15) is 10.6 Å². The zero-order valence-electron chi connectivity index (χ0n) is 24.2. The Morgan fingerprint density at radius 1 is 0.810 bits per heavy atom. The summed E-state index contributed by atoms with van der Waals surface area (Å²) in [6.45, 7) is 2.52. The number of piperazine rings is 1. The van der Waals surface area contributed by atoms with E-state index in [2.05, 4.69) is 4.90 Å². The van der Waals surface area contributed by atoms with Gasteiger partial charge in [-0.3, -0.25) is 4.79 Å². The van der Waals surface area contributed by atoms with Gasteiger partial charge < -0.3 is 28.4 Å². The van der Waals surface area contributed by atoms with Crippen LogP contribution in [0.25, 0.3) is 10.8 Å². The number of nitrogens with zero attached hydrogens (tertiary/aromatic N) is 3. The summed E-state index contributed by atoms with van der Waals surface area (Å²) in [5.74, 6) is 1.53. The molecule has 0 spiro atoms. The van der Waals surface area contributed by atoms with Gasteiger partial charge in [0, 0.05) is 62.4 Å². The lowest BCUT2D eigenvalue weighted by Crippen LogP contribution is -2.49. The predicted octanol–water partition coefficient (Wildman–Crippen LogP) is 4.58. The first-order valence-corrected chi connectivity index (χ1v) is 15.1. The molecule has 1 fully saturated rings. The number of anilines is 2. The maximum Gasteiger partial charge on any atom is 0.339 e. The first-order valence-electron chi connectivity index (χ1n) is 13.7. The molecule has 0 atom stereocenters. The monoisotopic (exact) mass is 589 g/mol. The summed E-state index contributed by atoms with van der Waals surface area (Å²) in [4.78, 5) is 19.1. The van der Waals surface area contributed by atoms with E-state index in [4.69, 9.17) is 13.7 Å². The molecule has 1 heterocycles. The highest BCUT2D eigenvalue weighted by Crippen LogP contribution is 2.32. The minimum atomic E-state index is -4.06. The lowest BCUT2D eigenvalue weighted by atomic mass is 10.1.